The first kappa shape index (κ1) is 12.1. The first-order valence-corrected chi connectivity index (χ1v) is 6.60. The van der Waals surface area contributed by atoms with Crippen LogP contribution >= 0.6 is 15.9 Å². The van der Waals surface area contributed by atoms with Gasteiger partial charge in [0, 0.05) is 10.5 Å². The standard InChI is InChI=1S/C13H17BrFN/c1-16-13(10-3-2-4-10)7-9-5-11(14)8-12(15)6-9/h5-6,8,10,13,16H,2-4,7H2,1H3. The highest BCUT2D eigenvalue weighted by atomic mass is 79.9. The van der Waals surface area contributed by atoms with Crippen LogP contribution in [-0.2, 0) is 6.42 Å². The molecule has 1 fully saturated rings. The Hall–Kier alpha value is -0.410. The molecule has 1 nitrogen and oxygen atoms in total. The van der Waals surface area contributed by atoms with E-state index in [9.17, 15) is 4.39 Å². The lowest BCUT2D eigenvalue weighted by molar-refractivity contribution is 0.235. The quantitative estimate of drug-likeness (QED) is 0.893. The van der Waals surface area contributed by atoms with Gasteiger partial charge in [-0.15, -0.1) is 0 Å². The summed E-state index contributed by atoms with van der Waals surface area (Å²) in [6, 6.07) is 5.63. The summed E-state index contributed by atoms with van der Waals surface area (Å²) in [5, 5.41) is 3.35. The second-order valence-corrected chi connectivity index (χ2v) is 5.48. The van der Waals surface area contributed by atoms with Gasteiger partial charge in [0.25, 0.3) is 0 Å². The molecule has 0 saturated heterocycles. The van der Waals surface area contributed by atoms with Gasteiger partial charge in [0.05, 0.1) is 0 Å². The zero-order chi connectivity index (χ0) is 11.5. The van der Waals surface area contributed by atoms with E-state index in [0.717, 1.165) is 22.4 Å². The SMILES string of the molecule is CNC(Cc1cc(F)cc(Br)c1)C1CCC1. The molecule has 2 rings (SSSR count). The molecule has 1 atom stereocenters. The molecule has 1 aliphatic rings. The number of halogens is 2. The maximum atomic E-state index is 13.2. The lowest BCUT2D eigenvalue weighted by Gasteiger charge is -2.33. The van der Waals surface area contributed by atoms with Crippen molar-refractivity contribution in [2.45, 2.75) is 31.7 Å². The van der Waals surface area contributed by atoms with Crippen molar-refractivity contribution in [3.8, 4) is 0 Å². The summed E-state index contributed by atoms with van der Waals surface area (Å²) in [6.45, 7) is 0. The minimum Gasteiger partial charge on any atom is -0.316 e. The fourth-order valence-electron chi connectivity index (χ4n) is 2.33. The molecule has 1 saturated carbocycles. The van der Waals surface area contributed by atoms with E-state index in [1.54, 1.807) is 6.07 Å². The van der Waals surface area contributed by atoms with Gasteiger partial charge in [-0.25, -0.2) is 4.39 Å². The van der Waals surface area contributed by atoms with Crippen LogP contribution in [0.1, 0.15) is 24.8 Å². The van der Waals surface area contributed by atoms with E-state index in [1.165, 1.54) is 25.3 Å². The Balaban J connectivity index is 2.05. The summed E-state index contributed by atoms with van der Waals surface area (Å²) in [5.74, 6) is 0.611. The van der Waals surface area contributed by atoms with Crippen molar-refractivity contribution in [1.29, 1.82) is 0 Å². The van der Waals surface area contributed by atoms with Crippen LogP contribution in [0.2, 0.25) is 0 Å². The Labute approximate surface area is 105 Å². The molecule has 0 aromatic heterocycles. The molecule has 1 aliphatic carbocycles. The van der Waals surface area contributed by atoms with Gasteiger partial charge in [0.1, 0.15) is 5.82 Å². The number of nitrogens with one attached hydrogen (secondary N) is 1. The predicted molar refractivity (Wildman–Crippen MR) is 68.0 cm³/mol. The van der Waals surface area contributed by atoms with Crippen LogP contribution in [0.15, 0.2) is 22.7 Å². The summed E-state index contributed by atoms with van der Waals surface area (Å²) in [6.07, 6.45) is 4.87. The number of rotatable bonds is 4. The fourth-order valence-corrected chi connectivity index (χ4v) is 2.84. The van der Waals surface area contributed by atoms with Crippen LogP contribution in [0.25, 0.3) is 0 Å². The third-order valence-corrected chi connectivity index (χ3v) is 3.93. The summed E-state index contributed by atoms with van der Waals surface area (Å²) >= 11 is 3.33. The first-order chi connectivity index (χ1) is 7.69. The smallest absolute Gasteiger partial charge is 0.124 e. The molecule has 1 N–H and O–H groups in total. The molecule has 1 unspecified atom stereocenters. The molecule has 1 aromatic rings. The van der Waals surface area contributed by atoms with Gasteiger partial charge in [-0.05, 0) is 56.0 Å². The van der Waals surface area contributed by atoms with E-state index < -0.39 is 0 Å². The normalized spacial score (nSPS) is 18.2. The Kier molecular flexibility index (Phi) is 3.98. The van der Waals surface area contributed by atoms with E-state index in [4.69, 9.17) is 0 Å². The maximum absolute atomic E-state index is 13.2. The average Bonchev–Trinajstić information content (AvgIpc) is 2.12. The number of likely N-dealkylation sites (N-methyl/N-ethyl adjacent to an activating group) is 1. The molecule has 0 radical (unpaired) electrons. The summed E-state index contributed by atoms with van der Waals surface area (Å²) < 4.78 is 14.1. The van der Waals surface area contributed by atoms with E-state index >= 15 is 0 Å². The zero-order valence-corrected chi connectivity index (χ0v) is 11.1. The zero-order valence-electron chi connectivity index (χ0n) is 9.47. The van der Waals surface area contributed by atoms with Gasteiger partial charge in [0.15, 0.2) is 0 Å². The van der Waals surface area contributed by atoms with Crippen LogP contribution in [0.3, 0.4) is 0 Å². The molecule has 16 heavy (non-hydrogen) atoms. The minimum absolute atomic E-state index is 0.159. The van der Waals surface area contributed by atoms with E-state index in [-0.39, 0.29) is 5.82 Å². The highest BCUT2D eigenvalue weighted by Gasteiger charge is 2.26. The van der Waals surface area contributed by atoms with Crippen molar-refractivity contribution < 1.29 is 4.39 Å². The minimum atomic E-state index is -0.159. The number of benzene rings is 1. The second kappa shape index (κ2) is 5.28. The third kappa shape index (κ3) is 2.83. The summed E-state index contributed by atoms with van der Waals surface area (Å²) in [7, 11) is 2.00. The van der Waals surface area contributed by atoms with Gasteiger partial charge in [-0.1, -0.05) is 22.4 Å². The van der Waals surface area contributed by atoms with Crippen molar-refractivity contribution >= 4 is 15.9 Å². The molecule has 0 spiro atoms. The molecule has 88 valence electrons. The lowest BCUT2D eigenvalue weighted by Crippen LogP contribution is -2.39. The number of hydrogen-bond acceptors (Lipinski definition) is 1. The van der Waals surface area contributed by atoms with Gasteiger partial charge >= 0.3 is 0 Å². The summed E-state index contributed by atoms with van der Waals surface area (Å²) in [5.41, 5.74) is 1.07. The largest absolute Gasteiger partial charge is 0.316 e. The molecule has 1 aromatic carbocycles. The summed E-state index contributed by atoms with van der Waals surface area (Å²) in [4.78, 5) is 0. The molecule has 0 amide bonds. The fraction of sp³-hybridized carbons (Fsp3) is 0.538. The molecular formula is C13H17BrFN. The highest BCUT2D eigenvalue weighted by Crippen LogP contribution is 2.31. The van der Waals surface area contributed by atoms with Gasteiger partial charge in [0.2, 0.25) is 0 Å². The Morgan fingerprint density at radius 3 is 2.69 bits per heavy atom. The molecular weight excluding hydrogens is 269 g/mol. The Bertz CT molecular complexity index is 343. The third-order valence-electron chi connectivity index (χ3n) is 3.47. The average molecular weight is 286 g/mol. The number of hydrogen-bond donors (Lipinski definition) is 1. The molecule has 0 bridgehead atoms. The first-order valence-electron chi connectivity index (χ1n) is 5.81. The Morgan fingerprint density at radius 1 is 1.44 bits per heavy atom. The van der Waals surface area contributed by atoms with Crippen molar-refractivity contribution in [2.24, 2.45) is 5.92 Å². The van der Waals surface area contributed by atoms with Gasteiger partial charge < -0.3 is 5.32 Å². The topological polar surface area (TPSA) is 12.0 Å². The van der Waals surface area contributed by atoms with Gasteiger partial charge in [-0.2, -0.15) is 0 Å². The van der Waals surface area contributed by atoms with Gasteiger partial charge in [-0.3, -0.25) is 0 Å². The predicted octanol–water partition coefficient (Wildman–Crippen LogP) is 3.52. The van der Waals surface area contributed by atoms with Crippen LogP contribution in [-0.4, -0.2) is 13.1 Å². The van der Waals surface area contributed by atoms with Crippen LogP contribution in [0.4, 0.5) is 4.39 Å². The van der Waals surface area contributed by atoms with Crippen molar-refractivity contribution in [3.63, 3.8) is 0 Å². The van der Waals surface area contributed by atoms with Crippen LogP contribution < -0.4 is 5.32 Å². The molecule has 0 aliphatic heterocycles. The Morgan fingerprint density at radius 2 is 2.19 bits per heavy atom. The van der Waals surface area contributed by atoms with Crippen molar-refractivity contribution in [3.05, 3.63) is 34.1 Å². The monoisotopic (exact) mass is 285 g/mol. The lowest BCUT2D eigenvalue weighted by atomic mass is 9.78. The van der Waals surface area contributed by atoms with E-state index in [1.807, 2.05) is 13.1 Å². The second-order valence-electron chi connectivity index (χ2n) is 4.57. The van der Waals surface area contributed by atoms with Crippen molar-refractivity contribution in [2.75, 3.05) is 7.05 Å². The van der Waals surface area contributed by atoms with Crippen LogP contribution in [0.5, 0.6) is 0 Å². The van der Waals surface area contributed by atoms with E-state index in [2.05, 4.69) is 21.2 Å². The van der Waals surface area contributed by atoms with Crippen molar-refractivity contribution in [1.82, 2.24) is 5.32 Å². The highest BCUT2D eigenvalue weighted by molar-refractivity contribution is 9.10. The molecule has 3 heteroatoms. The molecule has 0 heterocycles. The maximum Gasteiger partial charge on any atom is 0.124 e. The van der Waals surface area contributed by atoms with Crippen LogP contribution in [0, 0.1) is 11.7 Å². The van der Waals surface area contributed by atoms with E-state index in [0.29, 0.717) is 6.04 Å².